The molecule has 2 unspecified atom stereocenters. The molecule has 0 aliphatic rings. The number of nitrogens with one attached hydrogen (secondary N) is 4. The largest absolute Gasteiger partial charge is 0.460 e. The summed E-state index contributed by atoms with van der Waals surface area (Å²) in [7, 11) is 2.66. The zero-order chi connectivity index (χ0) is 32.3. The third-order valence-electron chi connectivity index (χ3n) is 3.83. The molecule has 0 bridgehead atoms. The average Bonchev–Trinajstić information content (AvgIpc) is 2.81. The standard InChI is InChI=1S/C24H42N4O12S2/c1-15(29)35-17(9-25-11-19(31)39-27-21(33)37-23(3,4)5)13-41-42-14-18(36-16(2)30)10-26-12-20(32)40-28-22(34)38-24(6,7)8/h17-18,25-26H,9-14H2,1-8H3,(H,27,33)(H,28,34). The number of esters is 2. The summed E-state index contributed by atoms with van der Waals surface area (Å²) < 4.78 is 20.4. The molecule has 0 aromatic rings. The van der Waals surface area contributed by atoms with Gasteiger partial charge in [-0.25, -0.2) is 19.2 Å². The van der Waals surface area contributed by atoms with Gasteiger partial charge in [-0.15, -0.1) is 11.0 Å². The Kier molecular flexibility index (Phi) is 18.6. The van der Waals surface area contributed by atoms with Crippen molar-refractivity contribution in [2.75, 3.05) is 37.7 Å². The molecule has 0 heterocycles. The van der Waals surface area contributed by atoms with E-state index >= 15 is 0 Å². The van der Waals surface area contributed by atoms with Crippen molar-refractivity contribution in [2.24, 2.45) is 0 Å². The van der Waals surface area contributed by atoms with Crippen LogP contribution in [-0.2, 0) is 47.8 Å². The molecule has 0 aliphatic heterocycles. The first-order chi connectivity index (χ1) is 19.4. The van der Waals surface area contributed by atoms with Gasteiger partial charge >= 0.3 is 36.1 Å². The highest BCUT2D eigenvalue weighted by Gasteiger charge is 2.20. The van der Waals surface area contributed by atoms with E-state index in [1.807, 2.05) is 11.0 Å². The van der Waals surface area contributed by atoms with E-state index < -0.39 is 59.5 Å². The van der Waals surface area contributed by atoms with Gasteiger partial charge in [0.05, 0.1) is 13.1 Å². The number of hydrogen-bond acceptors (Lipinski definition) is 16. The number of hydroxylamine groups is 2. The number of rotatable bonds is 15. The van der Waals surface area contributed by atoms with Crippen molar-refractivity contribution in [3.05, 3.63) is 0 Å². The van der Waals surface area contributed by atoms with E-state index in [-0.39, 0.29) is 26.2 Å². The molecule has 0 aliphatic carbocycles. The highest BCUT2D eigenvalue weighted by Crippen LogP contribution is 2.24. The van der Waals surface area contributed by atoms with Gasteiger partial charge < -0.3 is 39.3 Å². The number of carbonyl (C=O) groups is 6. The lowest BCUT2D eigenvalue weighted by atomic mass is 10.2. The summed E-state index contributed by atoms with van der Waals surface area (Å²) in [5.41, 5.74) is 2.25. The van der Waals surface area contributed by atoms with Crippen LogP contribution in [0.25, 0.3) is 0 Å². The van der Waals surface area contributed by atoms with Gasteiger partial charge in [0, 0.05) is 38.4 Å². The number of hydrogen-bond donors (Lipinski definition) is 4. The lowest BCUT2D eigenvalue weighted by Gasteiger charge is -2.20. The molecule has 0 spiro atoms. The maximum Gasteiger partial charge on any atom is 0.441 e. The second-order valence-electron chi connectivity index (χ2n) is 10.4. The van der Waals surface area contributed by atoms with Crippen LogP contribution in [0.4, 0.5) is 9.59 Å². The maximum atomic E-state index is 11.8. The van der Waals surface area contributed by atoms with Crippen LogP contribution < -0.4 is 21.6 Å². The van der Waals surface area contributed by atoms with Crippen LogP contribution in [0.15, 0.2) is 0 Å². The molecule has 16 nitrogen and oxygen atoms in total. The predicted octanol–water partition coefficient (Wildman–Crippen LogP) is 1.38. The number of carbonyl (C=O) groups excluding carboxylic acids is 6. The van der Waals surface area contributed by atoms with Crippen molar-refractivity contribution in [1.29, 1.82) is 0 Å². The predicted molar refractivity (Wildman–Crippen MR) is 153 cm³/mol. The highest BCUT2D eigenvalue weighted by molar-refractivity contribution is 8.76. The Labute approximate surface area is 253 Å². The molecule has 0 saturated carbocycles. The second-order valence-corrected chi connectivity index (χ2v) is 13.0. The summed E-state index contributed by atoms with van der Waals surface area (Å²) >= 11 is 0. The molecule has 2 amide bonds. The van der Waals surface area contributed by atoms with Crippen molar-refractivity contribution in [3.8, 4) is 0 Å². The minimum Gasteiger partial charge on any atom is -0.460 e. The first-order valence-corrected chi connectivity index (χ1v) is 15.2. The van der Waals surface area contributed by atoms with Crippen LogP contribution in [-0.4, -0.2) is 97.2 Å². The smallest absolute Gasteiger partial charge is 0.441 e. The van der Waals surface area contributed by atoms with E-state index in [0.717, 1.165) is 0 Å². The third kappa shape index (κ3) is 24.8. The van der Waals surface area contributed by atoms with E-state index in [1.165, 1.54) is 35.4 Å². The van der Waals surface area contributed by atoms with Crippen molar-refractivity contribution in [3.63, 3.8) is 0 Å². The monoisotopic (exact) mass is 642 g/mol. The molecule has 0 saturated heterocycles. The summed E-state index contributed by atoms with van der Waals surface area (Å²) in [6, 6.07) is 0. The SMILES string of the molecule is CC(=O)OC(CNCC(=O)ONC(=O)OC(C)(C)C)CSSCC(CNCC(=O)ONC(=O)OC(C)(C)C)OC(C)=O. The summed E-state index contributed by atoms with van der Waals surface area (Å²) in [4.78, 5) is 78.9. The number of ether oxygens (including phenoxy) is 4. The quantitative estimate of drug-likeness (QED) is 0.0654. The minimum absolute atomic E-state index is 0.114. The van der Waals surface area contributed by atoms with E-state index in [4.69, 9.17) is 18.9 Å². The molecule has 4 N–H and O–H groups in total. The van der Waals surface area contributed by atoms with Crippen molar-refractivity contribution in [1.82, 2.24) is 21.6 Å². The van der Waals surface area contributed by atoms with Crippen LogP contribution in [0.5, 0.6) is 0 Å². The molecule has 0 radical (unpaired) electrons. The van der Waals surface area contributed by atoms with Gasteiger partial charge in [-0.3, -0.25) is 9.59 Å². The minimum atomic E-state index is -0.917. The lowest BCUT2D eigenvalue weighted by Crippen LogP contribution is -2.39. The third-order valence-corrected chi connectivity index (χ3v) is 6.33. The Bertz CT molecular complexity index is 837. The van der Waals surface area contributed by atoms with Gasteiger partial charge in [0.1, 0.15) is 23.4 Å². The molecule has 18 heteroatoms. The molecule has 0 fully saturated rings. The summed E-state index contributed by atoms with van der Waals surface area (Å²) in [5.74, 6) is -1.96. The fourth-order valence-electron chi connectivity index (χ4n) is 2.52. The molecule has 0 aromatic heterocycles. The Morgan fingerprint density at radius 2 is 0.952 bits per heavy atom. The zero-order valence-corrected chi connectivity index (χ0v) is 26.7. The fraction of sp³-hybridized carbons (Fsp3) is 0.750. The normalized spacial score (nSPS) is 12.7. The van der Waals surface area contributed by atoms with Crippen LogP contribution in [0.3, 0.4) is 0 Å². The Morgan fingerprint density at radius 1 is 0.619 bits per heavy atom. The maximum absolute atomic E-state index is 11.8. The molecule has 2 atom stereocenters. The van der Waals surface area contributed by atoms with Crippen LogP contribution in [0.2, 0.25) is 0 Å². The number of amides is 2. The fourth-order valence-corrected chi connectivity index (χ4v) is 4.88. The summed E-state index contributed by atoms with van der Waals surface area (Å²) in [6.07, 6.45) is -3.05. The first kappa shape index (κ1) is 39.0. The van der Waals surface area contributed by atoms with Gasteiger partial charge in [0.15, 0.2) is 0 Å². The zero-order valence-electron chi connectivity index (χ0n) is 25.1. The first-order valence-electron chi connectivity index (χ1n) is 12.7. The van der Waals surface area contributed by atoms with Gasteiger partial charge in [-0.2, -0.15) is 0 Å². The summed E-state index contributed by atoms with van der Waals surface area (Å²) in [5, 5.41) is 5.56. The van der Waals surface area contributed by atoms with Crippen LogP contribution in [0.1, 0.15) is 55.4 Å². The Balaban J connectivity index is 4.46. The van der Waals surface area contributed by atoms with Crippen LogP contribution in [0, 0.1) is 0 Å². The molecule has 0 rings (SSSR count). The van der Waals surface area contributed by atoms with E-state index in [0.29, 0.717) is 11.5 Å². The molecular weight excluding hydrogens is 600 g/mol. The van der Waals surface area contributed by atoms with Crippen molar-refractivity contribution >= 4 is 57.7 Å². The Hall–Kier alpha value is -2.96. The molecule has 42 heavy (non-hydrogen) atoms. The Morgan fingerprint density at radius 3 is 1.24 bits per heavy atom. The van der Waals surface area contributed by atoms with Gasteiger partial charge in [0.2, 0.25) is 0 Å². The second kappa shape index (κ2) is 20.0. The van der Waals surface area contributed by atoms with Gasteiger partial charge in [0.25, 0.3) is 0 Å². The van der Waals surface area contributed by atoms with Crippen LogP contribution >= 0.6 is 21.6 Å². The van der Waals surface area contributed by atoms with Gasteiger partial charge in [-0.05, 0) is 41.5 Å². The van der Waals surface area contributed by atoms with Crippen molar-refractivity contribution in [2.45, 2.75) is 78.8 Å². The molecular formula is C24H42N4O12S2. The van der Waals surface area contributed by atoms with Crippen molar-refractivity contribution < 1.29 is 57.4 Å². The molecule has 0 aromatic carbocycles. The lowest BCUT2D eigenvalue weighted by molar-refractivity contribution is -0.150. The highest BCUT2D eigenvalue weighted by atomic mass is 33.1. The van der Waals surface area contributed by atoms with E-state index in [2.05, 4.69) is 20.3 Å². The molecule has 242 valence electrons. The average molecular weight is 643 g/mol. The summed E-state index contributed by atoms with van der Waals surface area (Å²) in [6.45, 7) is 12.1. The topological polar surface area (TPSA) is 206 Å². The van der Waals surface area contributed by atoms with E-state index in [1.54, 1.807) is 41.5 Å². The van der Waals surface area contributed by atoms with Gasteiger partial charge in [-0.1, -0.05) is 21.6 Å². The van der Waals surface area contributed by atoms with E-state index in [9.17, 15) is 28.8 Å².